The highest BCUT2D eigenvalue weighted by Gasteiger charge is 2.09. The number of fused-ring (bicyclic) bond motifs is 1. The molecule has 1 aromatic heterocycles. The number of H-pyrrole nitrogens is 1. The van der Waals surface area contributed by atoms with Gasteiger partial charge < -0.3 is 10.3 Å². The molecule has 0 fully saturated rings. The van der Waals surface area contributed by atoms with E-state index in [4.69, 9.17) is 0 Å². The lowest BCUT2D eigenvalue weighted by Crippen LogP contribution is -2.13. The fourth-order valence-electron chi connectivity index (χ4n) is 2.55. The number of aromatic amines is 1. The van der Waals surface area contributed by atoms with Crippen LogP contribution in [0.1, 0.15) is 27.0 Å². The van der Waals surface area contributed by atoms with Crippen molar-refractivity contribution in [2.24, 2.45) is 0 Å². The molecule has 2 N–H and O–H groups in total. The van der Waals surface area contributed by atoms with Crippen LogP contribution in [0.4, 0.5) is 5.69 Å². The van der Waals surface area contributed by atoms with Gasteiger partial charge in [0, 0.05) is 22.2 Å². The average molecular weight is 306 g/mol. The number of amides is 1. The van der Waals surface area contributed by atoms with Gasteiger partial charge in [0.25, 0.3) is 11.5 Å². The van der Waals surface area contributed by atoms with Crippen LogP contribution < -0.4 is 10.9 Å². The molecule has 0 atom stereocenters. The van der Waals surface area contributed by atoms with E-state index in [1.165, 1.54) is 0 Å². The summed E-state index contributed by atoms with van der Waals surface area (Å²) in [5, 5.41) is 3.84. The van der Waals surface area contributed by atoms with E-state index in [0.717, 1.165) is 22.0 Å². The Kier molecular flexibility index (Phi) is 3.74. The molecule has 0 aliphatic carbocycles. The Bertz CT molecular complexity index is 954. The average Bonchev–Trinajstić information content (AvgIpc) is 2.53. The van der Waals surface area contributed by atoms with Crippen LogP contribution in [0.25, 0.3) is 10.9 Å². The lowest BCUT2D eigenvalue weighted by molar-refractivity contribution is 0.102. The number of hydrogen-bond acceptors (Lipinski definition) is 2. The van der Waals surface area contributed by atoms with Crippen molar-refractivity contribution >= 4 is 22.5 Å². The molecule has 3 rings (SSSR count). The molecule has 0 aliphatic heterocycles. The molecule has 2 aromatic carbocycles. The first kappa shape index (κ1) is 15.0. The van der Waals surface area contributed by atoms with Crippen LogP contribution in [0.2, 0.25) is 0 Å². The number of carbonyl (C=O) groups is 1. The number of aryl methyl sites for hydroxylation is 2. The van der Waals surface area contributed by atoms with Crippen LogP contribution in [-0.2, 0) is 0 Å². The third-order valence-corrected chi connectivity index (χ3v) is 4.15. The van der Waals surface area contributed by atoms with Crippen molar-refractivity contribution < 1.29 is 4.79 Å². The summed E-state index contributed by atoms with van der Waals surface area (Å²) < 4.78 is 0. The van der Waals surface area contributed by atoms with Gasteiger partial charge >= 0.3 is 0 Å². The van der Waals surface area contributed by atoms with Crippen molar-refractivity contribution in [3.8, 4) is 0 Å². The van der Waals surface area contributed by atoms with Crippen molar-refractivity contribution in [3.63, 3.8) is 0 Å². The van der Waals surface area contributed by atoms with Gasteiger partial charge in [-0.05, 0) is 50.6 Å². The van der Waals surface area contributed by atoms with Gasteiger partial charge in [-0.2, -0.15) is 0 Å². The molecular formula is C19H18N2O2. The second kappa shape index (κ2) is 5.72. The Morgan fingerprint density at radius 2 is 1.65 bits per heavy atom. The lowest BCUT2D eigenvalue weighted by atomic mass is 10.1. The molecule has 0 saturated heterocycles. The fourth-order valence-corrected chi connectivity index (χ4v) is 2.55. The second-order valence-corrected chi connectivity index (χ2v) is 5.78. The van der Waals surface area contributed by atoms with Gasteiger partial charge in [0.1, 0.15) is 0 Å². The van der Waals surface area contributed by atoms with E-state index in [0.29, 0.717) is 16.8 Å². The number of anilines is 1. The largest absolute Gasteiger partial charge is 0.322 e. The third kappa shape index (κ3) is 2.88. The van der Waals surface area contributed by atoms with Gasteiger partial charge in [-0.25, -0.2) is 0 Å². The van der Waals surface area contributed by atoms with E-state index < -0.39 is 0 Å². The zero-order valence-electron chi connectivity index (χ0n) is 13.4. The fraction of sp³-hybridized carbons (Fsp3) is 0.158. The van der Waals surface area contributed by atoms with E-state index in [-0.39, 0.29) is 11.5 Å². The van der Waals surface area contributed by atoms with E-state index >= 15 is 0 Å². The quantitative estimate of drug-likeness (QED) is 0.758. The minimum Gasteiger partial charge on any atom is -0.322 e. The lowest BCUT2D eigenvalue weighted by Gasteiger charge is -2.09. The minimum atomic E-state index is -0.171. The van der Waals surface area contributed by atoms with E-state index in [2.05, 4.69) is 10.3 Å². The molecule has 0 radical (unpaired) electrons. The standard InChI is InChI=1S/C19H18N2O2/c1-11-4-6-14(7-5-11)19(23)20-15-8-9-16-12(2)13(3)18(22)21-17(16)10-15/h4-10H,1-3H3,(H,20,23)(H,21,22). The van der Waals surface area contributed by atoms with Crippen molar-refractivity contribution in [2.45, 2.75) is 20.8 Å². The molecule has 3 aromatic rings. The van der Waals surface area contributed by atoms with Crippen LogP contribution in [0.15, 0.2) is 47.3 Å². The monoisotopic (exact) mass is 306 g/mol. The molecule has 23 heavy (non-hydrogen) atoms. The third-order valence-electron chi connectivity index (χ3n) is 4.15. The first-order valence-electron chi connectivity index (χ1n) is 7.47. The van der Waals surface area contributed by atoms with Gasteiger partial charge in [0.2, 0.25) is 0 Å². The summed E-state index contributed by atoms with van der Waals surface area (Å²) in [6, 6.07) is 12.9. The topological polar surface area (TPSA) is 62.0 Å². The minimum absolute atomic E-state index is 0.1000. The normalized spacial score (nSPS) is 10.7. The first-order chi connectivity index (χ1) is 11.0. The van der Waals surface area contributed by atoms with E-state index in [1.807, 2.05) is 38.1 Å². The molecule has 1 heterocycles. The zero-order valence-corrected chi connectivity index (χ0v) is 13.4. The molecule has 116 valence electrons. The number of rotatable bonds is 2. The molecule has 0 spiro atoms. The van der Waals surface area contributed by atoms with Crippen LogP contribution in [0, 0.1) is 20.8 Å². The van der Waals surface area contributed by atoms with Crippen LogP contribution >= 0.6 is 0 Å². The van der Waals surface area contributed by atoms with Crippen molar-refractivity contribution in [1.29, 1.82) is 0 Å². The second-order valence-electron chi connectivity index (χ2n) is 5.78. The maximum Gasteiger partial charge on any atom is 0.255 e. The predicted octanol–water partition coefficient (Wildman–Crippen LogP) is 3.71. The van der Waals surface area contributed by atoms with Crippen LogP contribution in [0.3, 0.4) is 0 Å². The summed E-state index contributed by atoms with van der Waals surface area (Å²) in [6.07, 6.45) is 0. The summed E-state index contributed by atoms with van der Waals surface area (Å²) in [5.41, 5.74) is 4.66. The van der Waals surface area contributed by atoms with E-state index in [1.54, 1.807) is 25.1 Å². The summed E-state index contributed by atoms with van der Waals surface area (Å²) in [4.78, 5) is 27.0. The summed E-state index contributed by atoms with van der Waals surface area (Å²) >= 11 is 0. The molecule has 0 unspecified atom stereocenters. The first-order valence-corrected chi connectivity index (χ1v) is 7.47. The van der Waals surface area contributed by atoms with Crippen LogP contribution in [0.5, 0.6) is 0 Å². The smallest absolute Gasteiger partial charge is 0.255 e. The molecular weight excluding hydrogens is 288 g/mol. The molecule has 4 nitrogen and oxygen atoms in total. The van der Waals surface area contributed by atoms with Crippen LogP contribution in [-0.4, -0.2) is 10.9 Å². The van der Waals surface area contributed by atoms with Gasteiger partial charge in [-0.3, -0.25) is 9.59 Å². The van der Waals surface area contributed by atoms with Crippen molar-refractivity contribution in [3.05, 3.63) is 75.1 Å². The van der Waals surface area contributed by atoms with Crippen molar-refractivity contribution in [2.75, 3.05) is 5.32 Å². The Hall–Kier alpha value is -2.88. The maximum absolute atomic E-state index is 12.3. The number of pyridine rings is 1. The number of benzene rings is 2. The van der Waals surface area contributed by atoms with Gasteiger partial charge in [0.05, 0.1) is 5.52 Å². The van der Waals surface area contributed by atoms with Crippen molar-refractivity contribution in [1.82, 2.24) is 4.98 Å². The summed E-state index contributed by atoms with van der Waals surface area (Å²) in [5.74, 6) is -0.171. The molecule has 4 heteroatoms. The van der Waals surface area contributed by atoms with E-state index in [9.17, 15) is 9.59 Å². The Balaban J connectivity index is 1.95. The Morgan fingerprint density at radius 3 is 2.35 bits per heavy atom. The highest BCUT2D eigenvalue weighted by atomic mass is 16.1. The highest BCUT2D eigenvalue weighted by Crippen LogP contribution is 2.21. The molecule has 0 saturated carbocycles. The predicted molar refractivity (Wildman–Crippen MR) is 93.2 cm³/mol. The number of carbonyl (C=O) groups excluding carboxylic acids is 1. The van der Waals surface area contributed by atoms with Gasteiger partial charge in [-0.1, -0.05) is 23.8 Å². The Labute approximate surface area is 134 Å². The Morgan fingerprint density at radius 1 is 0.957 bits per heavy atom. The molecule has 0 bridgehead atoms. The molecule has 0 aliphatic rings. The highest BCUT2D eigenvalue weighted by molar-refractivity contribution is 6.05. The maximum atomic E-state index is 12.3. The molecule has 1 amide bonds. The van der Waals surface area contributed by atoms with Gasteiger partial charge in [0.15, 0.2) is 0 Å². The number of hydrogen-bond donors (Lipinski definition) is 2. The van der Waals surface area contributed by atoms with Gasteiger partial charge in [-0.15, -0.1) is 0 Å². The number of aromatic nitrogens is 1. The summed E-state index contributed by atoms with van der Waals surface area (Å²) in [6.45, 7) is 5.71. The zero-order chi connectivity index (χ0) is 16.6. The number of nitrogens with one attached hydrogen (secondary N) is 2. The summed E-state index contributed by atoms with van der Waals surface area (Å²) in [7, 11) is 0. The SMILES string of the molecule is Cc1ccc(C(=O)Nc2ccc3c(C)c(C)c(=O)[nH]c3c2)cc1.